The van der Waals surface area contributed by atoms with E-state index in [4.69, 9.17) is 33.7 Å². The van der Waals surface area contributed by atoms with Gasteiger partial charge >= 0.3 is 0 Å². The summed E-state index contributed by atoms with van der Waals surface area (Å²) in [6.07, 6.45) is 3.33. The van der Waals surface area contributed by atoms with Crippen molar-refractivity contribution in [2.75, 3.05) is 30.9 Å². The van der Waals surface area contributed by atoms with Gasteiger partial charge in [0.05, 0.1) is 22.0 Å². The number of sulfonamides is 1. The Balaban J connectivity index is 1.50. The molecule has 9 nitrogen and oxygen atoms in total. The number of carbonyl (C=O) groups is 2. The highest BCUT2D eigenvalue weighted by Crippen LogP contribution is 2.36. The van der Waals surface area contributed by atoms with E-state index in [-0.39, 0.29) is 50.6 Å². The van der Waals surface area contributed by atoms with Crippen LogP contribution >= 0.6 is 23.2 Å². The summed E-state index contributed by atoms with van der Waals surface area (Å²) in [7, 11) is -4.15. The fourth-order valence-corrected chi connectivity index (χ4v) is 5.98. The number of ether oxygens (including phenoxy) is 1. The topological polar surface area (TPSA) is 131 Å². The van der Waals surface area contributed by atoms with Crippen LogP contribution in [0.2, 0.25) is 10.0 Å². The average molecular weight is 606 g/mol. The SMILES string of the molecule is NC(=O)c1ccc(S(=O)(=O)Nc2ccccc2Oc2ccc(Cl)cc2Cl)cc1CC(=O)NCCN1CCCCC1. The lowest BCUT2D eigenvalue weighted by Gasteiger charge is -2.26. The van der Waals surface area contributed by atoms with Crippen molar-refractivity contribution in [3.8, 4) is 11.5 Å². The zero-order chi connectivity index (χ0) is 28.7. The smallest absolute Gasteiger partial charge is 0.262 e. The summed E-state index contributed by atoms with van der Waals surface area (Å²) in [5, 5.41) is 3.53. The Morgan fingerprint density at radius 1 is 0.950 bits per heavy atom. The number of halogens is 2. The number of anilines is 1. The molecule has 1 fully saturated rings. The predicted octanol–water partition coefficient (Wildman–Crippen LogP) is 4.83. The number of para-hydroxylation sites is 2. The molecule has 1 aliphatic heterocycles. The Bertz CT molecular complexity index is 1490. The Morgan fingerprint density at radius 3 is 2.42 bits per heavy atom. The van der Waals surface area contributed by atoms with E-state index in [1.165, 1.54) is 36.8 Å². The number of hydrogen-bond donors (Lipinski definition) is 3. The number of nitrogens with one attached hydrogen (secondary N) is 2. The largest absolute Gasteiger partial charge is 0.454 e. The van der Waals surface area contributed by atoms with E-state index in [2.05, 4.69) is 14.9 Å². The molecule has 3 aromatic carbocycles. The van der Waals surface area contributed by atoms with E-state index >= 15 is 0 Å². The molecule has 3 aromatic rings. The molecule has 0 aliphatic carbocycles. The summed E-state index contributed by atoms with van der Waals surface area (Å²) in [5.74, 6) is -0.596. The minimum absolute atomic E-state index is 0.0752. The lowest BCUT2D eigenvalue weighted by atomic mass is 10.0. The van der Waals surface area contributed by atoms with Crippen molar-refractivity contribution in [1.29, 1.82) is 0 Å². The second kappa shape index (κ2) is 13.4. The number of rotatable bonds is 11. The van der Waals surface area contributed by atoms with E-state index in [1.807, 2.05) is 0 Å². The second-order valence-electron chi connectivity index (χ2n) is 9.39. The van der Waals surface area contributed by atoms with E-state index in [0.29, 0.717) is 11.6 Å². The predicted molar refractivity (Wildman–Crippen MR) is 156 cm³/mol. The number of nitrogens with two attached hydrogens (primary N) is 1. The molecule has 40 heavy (non-hydrogen) atoms. The van der Waals surface area contributed by atoms with Crippen molar-refractivity contribution < 1.29 is 22.7 Å². The van der Waals surface area contributed by atoms with Gasteiger partial charge in [-0.2, -0.15) is 0 Å². The Labute approximate surface area is 243 Å². The number of nitrogens with zero attached hydrogens (tertiary/aromatic N) is 1. The van der Waals surface area contributed by atoms with Crippen LogP contribution in [0.3, 0.4) is 0 Å². The molecule has 0 unspecified atom stereocenters. The van der Waals surface area contributed by atoms with Crippen LogP contribution in [-0.2, 0) is 21.2 Å². The molecule has 1 heterocycles. The summed E-state index contributed by atoms with van der Waals surface area (Å²) in [5.41, 5.74) is 5.95. The van der Waals surface area contributed by atoms with E-state index in [9.17, 15) is 18.0 Å². The quantitative estimate of drug-likeness (QED) is 0.287. The number of benzene rings is 3. The van der Waals surface area contributed by atoms with Crippen LogP contribution in [0.4, 0.5) is 5.69 Å². The molecule has 0 atom stereocenters. The van der Waals surface area contributed by atoms with E-state index in [1.54, 1.807) is 30.3 Å². The van der Waals surface area contributed by atoms with Gasteiger partial charge in [0.1, 0.15) is 5.75 Å². The van der Waals surface area contributed by atoms with Crippen molar-refractivity contribution in [1.82, 2.24) is 10.2 Å². The van der Waals surface area contributed by atoms with E-state index in [0.717, 1.165) is 32.5 Å². The second-order valence-corrected chi connectivity index (χ2v) is 11.9. The Morgan fingerprint density at radius 2 is 1.70 bits per heavy atom. The third-order valence-corrected chi connectivity index (χ3v) is 8.34. The number of likely N-dealkylation sites (tertiary alicyclic amines) is 1. The van der Waals surface area contributed by atoms with Gasteiger partial charge in [0.25, 0.3) is 10.0 Å². The molecule has 1 aliphatic rings. The van der Waals surface area contributed by atoms with Gasteiger partial charge in [-0.05, 0) is 80.0 Å². The van der Waals surface area contributed by atoms with Crippen LogP contribution in [0.5, 0.6) is 11.5 Å². The van der Waals surface area contributed by atoms with Crippen LogP contribution in [0.25, 0.3) is 0 Å². The lowest BCUT2D eigenvalue weighted by molar-refractivity contribution is -0.120. The number of carbonyl (C=O) groups excluding carboxylic acids is 2. The maximum Gasteiger partial charge on any atom is 0.262 e. The van der Waals surface area contributed by atoms with Crippen molar-refractivity contribution in [2.24, 2.45) is 5.73 Å². The highest BCUT2D eigenvalue weighted by molar-refractivity contribution is 7.92. The highest BCUT2D eigenvalue weighted by atomic mass is 35.5. The maximum absolute atomic E-state index is 13.4. The maximum atomic E-state index is 13.4. The number of primary amides is 1. The standard InChI is InChI=1S/C28H30Cl2N4O5S/c29-20-8-11-25(23(30)18-20)39-26-7-3-2-6-24(26)33-40(37,38)21-9-10-22(28(31)36)19(16-21)17-27(35)32-12-15-34-13-4-1-5-14-34/h2-3,6-11,16,18,33H,1,4-5,12-15,17H2,(H2,31,36)(H,32,35). The molecule has 0 spiro atoms. The number of piperidine rings is 1. The normalized spacial score (nSPS) is 13.9. The van der Waals surface area contributed by atoms with Crippen LogP contribution in [0.1, 0.15) is 35.2 Å². The first-order chi connectivity index (χ1) is 19.1. The van der Waals surface area contributed by atoms with Gasteiger partial charge in [-0.1, -0.05) is 41.8 Å². The first kappa shape index (κ1) is 29.7. The van der Waals surface area contributed by atoms with Crippen molar-refractivity contribution >= 4 is 50.7 Å². The van der Waals surface area contributed by atoms with Gasteiger partial charge in [0.2, 0.25) is 11.8 Å². The molecule has 12 heteroatoms. The fourth-order valence-electron chi connectivity index (χ4n) is 4.42. The molecular weight excluding hydrogens is 575 g/mol. The van der Waals surface area contributed by atoms with Crippen LogP contribution in [0, 0.1) is 0 Å². The third kappa shape index (κ3) is 7.88. The van der Waals surface area contributed by atoms with Crippen LogP contribution in [-0.4, -0.2) is 51.3 Å². The van der Waals surface area contributed by atoms with Crippen molar-refractivity contribution in [3.05, 3.63) is 81.8 Å². The number of amides is 2. The third-order valence-electron chi connectivity index (χ3n) is 6.45. The molecule has 0 saturated carbocycles. The highest BCUT2D eigenvalue weighted by Gasteiger charge is 2.21. The molecule has 2 amide bonds. The summed E-state index contributed by atoms with van der Waals surface area (Å²) in [4.78, 5) is 26.8. The van der Waals surface area contributed by atoms with Gasteiger partial charge < -0.3 is 20.7 Å². The molecule has 0 bridgehead atoms. The minimum Gasteiger partial charge on any atom is -0.454 e. The zero-order valence-corrected chi connectivity index (χ0v) is 24.0. The monoisotopic (exact) mass is 604 g/mol. The fraction of sp³-hybridized carbons (Fsp3) is 0.286. The zero-order valence-electron chi connectivity index (χ0n) is 21.7. The summed E-state index contributed by atoms with van der Waals surface area (Å²) in [6.45, 7) is 3.21. The Kier molecular flexibility index (Phi) is 9.91. The molecule has 4 rings (SSSR count). The van der Waals surface area contributed by atoms with Gasteiger partial charge in [0.15, 0.2) is 5.75 Å². The number of hydrogen-bond acceptors (Lipinski definition) is 6. The molecule has 0 radical (unpaired) electrons. The molecule has 212 valence electrons. The van der Waals surface area contributed by atoms with Gasteiger partial charge in [-0.15, -0.1) is 0 Å². The van der Waals surface area contributed by atoms with E-state index < -0.39 is 15.9 Å². The first-order valence-corrected chi connectivity index (χ1v) is 15.0. The minimum atomic E-state index is -4.15. The molecule has 0 aromatic heterocycles. The summed E-state index contributed by atoms with van der Waals surface area (Å²) < 4.78 is 35.1. The van der Waals surface area contributed by atoms with Crippen molar-refractivity contribution in [3.63, 3.8) is 0 Å². The average Bonchev–Trinajstić information content (AvgIpc) is 2.91. The molecular formula is C28H30Cl2N4O5S. The van der Waals surface area contributed by atoms with Gasteiger partial charge in [-0.3, -0.25) is 14.3 Å². The first-order valence-electron chi connectivity index (χ1n) is 12.8. The molecule has 1 saturated heterocycles. The lowest BCUT2D eigenvalue weighted by Crippen LogP contribution is -2.38. The Hall–Kier alpha value is -3.31. The summed E-state index contributed by atoms with van der Waals surface area (Å²) in [6, 6.07) is 15.0. The van der Waals surface area contributed by atoms with Gasteiger partial charge in [0, 0.05) is 23.7 Å². The van der Waals surface area contributed by atoms with Gasteiger partial charge in [-0.25, -0.2) is 8.42 Å². The van der Waals surface area contributed by atoms with Crippen molar-refractivity contribution in [2.45, 2.75) is 30.6 Å². The molecule has 4 N–H and O–H groups in total. The summed E-state index contributed by atoms with van der Waals surface area (Å²) >= 11 is 12.2. The van der Waals surface area contributed by atoms with Crippen LogP contribution in [0.15, 0.2) is 65.6 Å². The van der Waals surface area contributed by atoms with Crippen LogP contribution < -0.4 is 20.5 Å².